The number of hydrogen-bond donors (Lipinski definition) is 0. The van der Waals surface area contributed by atoms with Crippen molar-refractivity contribution in [3.8, 4) is 0 Å². The van der Waals surface area contributed by atoms with Gasteiger partial charge in [-0.05, 0) is 29.1 Å². The van der Waals surface area contributed by atoms with Crippen LogP contribution in [-0.2, 0) is 17.6 Å². The van der Waals surface area contributed by atoms with Crippen molar-refractivity contribution >= 4 is 17.4 Å². The first kappa shape index (κ1) is 12.1. The Bertz CT molecular complexity index is 341. The van der Waals surface area contributed by atoms with Crippen molar-refractivity contribution in [2.75, 3.05) is 0 Å². The van der Waals surface area contributed by atoms with Crippen LogP contribution >= 0.6 is 11.6 Å². The topological polar surface area (TPSA) is 17.1 Å². The van der Waals surface area contributed by atoms with E-state index in [0.717, 1.165) is 12.0 Å². The molecule has 0 aliphatic rings. The number of benzene rings is 1. The molecule has 0 unspecified atom stereocenters. The highest BCUT2D eigenvalue weighted by Gasteiger charge is 2.34. The van der Waals surface area contributed by atoms with Crippen molar-refractivity contribution < 1.29 is 13.6 Å². The Morgan fingerprint density at radius 3 is 2.13 bits per heavy atom. The third kappa shape index (κ3) is 3.59. The molecule has 0 amide bonds. The van der Waals surface area contributed by atoms with Crippen LogP contribution in [0.15, 0.2) is 24.3 Å². The van der Waals surface area contributed by atoms with Gasteiger partial charge in [-0.1, -0.05) is 31.2 Å². The minimum atomic E-state index is -3.76. The fraction of sp³-hybridized carbons (Fsp3) is 0.364. The Morgan fingerprint density at radius 2 is 1.73 bits per heavy atom. The fourth-order valence-corrected chi connectivity index (χ4v) is 1.25. The van der Waals surface area contributed by atoms with Gasteiger partial charge in [-0.25, -0.2) is 0 Å². The molecule has 0 N–H and O–H groups in total. The van der Waals surface area contributed by atoms with E-state index in [9.17, 15) is 13.6 Å². The van der Waals surface area contributed by atoms with Gasteiger partial charge in [0.1, 0.15) is 0 Å². The molecule has 0 radical (unpaired) electrons. The normalized spacial score (nSPS) is 11.5. The number of carbonyl (C=O) groups excluding carboxylic acids is 1. The Hall–Kier alpha value is -0.960. The smallest absolute Gasteiger partial charge is 0.291 e. The van der Waals surface area contributed by atoms with E-state index in [1.165, 1.54) is 0 Å². The number of aryl methyl sites for hydroxylation is 1. The van der Waals surface area contributed by atoms with Crippen LogP contribution in [0.3, 0.4) is 0 Å². The van der Waals surface area contributed by atoms with Gasteiger partial charge in [0.25, 0.3) is 0 Å². The zero-order chi connectivity index (χ0) is 11.5. The summed E-state index contributed by atoms with van der Waals surface area (Å²) >= 11 is 4.61. The molecule has 0 aromatic heterocycles. The molecule has 0 saturated heterocycles. The molecule has 0 aliphatic carbocycles. The first-order chi connectivity index (χ1) is 6.93. The zero-order valence-corrected chi connectivity index (χ0v) is 9.02. The third-order valence-corrected chi connectivity index (χ3v) is 2.32. The summed E-state index contributed by atoms with van der Waals surface area (Å²) in [5.41, 5.74) is 1.65. The maximum absolute atomic E-state index is 12.4. The lowest BCUT2D eigenvalue weighted by Gasteiger charge is -2.06. The van der Waals surface area contributed by atoms with Gasteiger partial charge in [0.2, 0.25) is 5.78 Å². The second kappa shape index (κ2) is 4.71. The zero-order valence-electron chi connectivity index (χ0n) is 8.27. The van der Waals surface area contributed by atoms with Crippen LogP contribution in [-0.4, -0.2) is 11.2 Å². The summed E-state index contributed by atoms with van der Waals surface area (Å²) in [4.78, 5) is 10.9. The van der Waals surface area contributed by atoms with E-state index in [-0.39, 0.29) is 6.42 Å². The van der Waals surface area contributed by atoms with Crippen molar-refractivity contribution in [1.29, 1.82) is 0 Å². The summed E-state index contributed by atoms with van der Waals surface area (Å²) in [6.45, 7) is 1.99. The summed E-state index contributed by atoms with van der Waals surface area (Å²) in [6.07, 6.45) is 0.542. The molecule has 1 nitrogen and oxygen atoms in total. The molecule has 0 spiro atoms. The fourth-order valence-electron chi connectivity index (χ4n) is 1.18. The van der Waals surface area contributed by atoms with Crippen LogP contribution in [0.2, 0.25) is 0 Å². The molecule has 0 aliphatic heterocycles. The van der Waals surface area contributed by atoms with E-state index in [1.807, 2.05) is 19.1 Å². The monoisotopic (exact) mass is 232 g/mol. The average molecular weight is 233 g/mol. The van der Waals surface area contributed by atoms with Gasteiger partial charge in [0, 0.05) is 6.42 Å². The van der Waals surface area contributed by atoms with E-state index in [0.29, 0.717) is 5.56 Å². The van der Waals surface area contributed by atoms with Gasteiger partial charge < -0.3 is 0 Å². The average Bonchev–Trinajstić information content (AvgIpc) is 2.17. The lowest BCUT2D eigenvalue weighted by molar-refractivity contribution is -0.132. The Balaban J connectivity index is 2.70. The van der Waals surface area contributed by atoms with Crippen LogP contribution in [0.4, 0.5) is 8.78 Å². The predicted octanol–water partition coefficient (Wildman–Crippen LogP) is 3.19. The van der Waals surface area contributed by atoms with Crippen molar-refractivity contribution in [2.45, 2.75) is 25.1 Å². The largest absolute Gasteiger partial charge is 0.380 e. The number of alkyl halides is 3. The SMILES string of the molecule is CCc1ccc(CC(=O)C(F)(F)Cl)cc1. The molecule has 82 valence electrons. The number of hydrogen-bond acceptors (Lipinski definition) is 1. The molecule has 0 atom stereocenters. The molecule has 4 heteroatoms. The molecule has 0 saturated carbocycles. The van der Waals surface area contributed by atoms with Gasteiger partial charge in [0.05, 0.1) is 0 Å². The van der Waals surface area contributed by atoms with Crippen LogP contribution in [0.5, 0.6) is 0 Å². The first-order valence-electron chi connectivity index (χ1n) is 4.61. The minimum Gasteiger partial charge on any atom is -0.291 e. The number of Topliss-reactive ketones (excluding diaryl/α,β-unsaturated/α-hetero) is 1. The lowest BCUT2D eigenvalue weighted by atomic mass is 10.1. The van der Waals surface area contributed by atoms with Gasteiger partial charge in [-0.3, -0.25) is 4.79 Å². The Morgan fingerprint density at radius 1 is 1.27 bits per heavy atom. The second-order valence-electron chi connectivity index (χ2n) is 3.27. The van der Waals surface area contributed by atoms with Crippen LogP contribution in [0, 0.1) is 0 Å². The third-order valence-electron chi connectivity index (χ3n) is 2.11. The summed E-state index contributed by atoms with van der Waals surface area (Å²) in [5, 5.41) is -3.76. The van der Waals surface area contributed by atoms with Crippen LogP contribution in [0.1, 0.15) is 18.1 Å². The van der Waals surface area contributed by atoms with Crippen molar-refractivity contribution in [3.05, 3.63) is 35.4 Å². The second-order valence-corrected chi connectivity index (χ2v) is 3.74. The number of ketones is 1. The van der Waals surface area contributed by atoms with Crippen molar-refractivity contribution in [1.82, 2.24) is 0 Å². The highest BCUT2D eigenvalue weighted by atomic mass is 35.5. The summed E-state index contributed by atoms with van der Waals surface area (Å²) in [6, 6.07) is 6.96. The molecule has 1 rings (SSSR count). The predicted molar refractivity (Wildman–Crippen MR) is 55.3 cm³/mol. The lowest BCUT2D eigenvalue weighted by Crippen LogP contribution is -2.23. The summed E-state index contributed by atoms with van der Waals surface area (Å²) in [7, 11) is 0. The first-order valence-corrected chi connectivity index (χ1v) is 4.99. The summed E-state index contributed by atoms with van der Waals surface area (Å²) in [5.74, 6) is -1.27. The molecule has 0 bridgehead atoms. The molecular formula is C11H11ClF2O. The van der Waals surface area contributed by atoms with E-state index < -0.39 is 11.2 Å². The van der Waals surface area contributed by atoms with Crippen molar-refractivity contribution in [2.24, 2.45) is 0 Å². The molecule has 0 fully saturated rings. The van der Waals surface area contributed by atoms with Gasteiger partial charge in [-0.2, -0.15) is 8.78 Å². The van der Waals surface area contributed by atoms with E-state index in [4.69, 9.17) is 0 Å². The van der Waals surface area contributed by atoms with E-state index >= 15 is 0 Å². The maximum Gasteiger partial charge on any atom is 0.380 e. The Labute approximate surface area is 92.1 Å². The molecule has 1 aromatic carbocycles. The minimum absolute atomic E-state index is 0.333. The highest BCUT2D eigenvalue weighted by Crippen LogP contribution is 2.22. The Kier molecular flexibility index (Phi) is 3.80. The molecular weight excluding hydrogens is 222 g/mol. The number of carbonyl (C=O) groups is 1. The van der Waals surface area contributed by atoms with Crippen molar-refractivity contribution in [3.63, 3.8) is 0 Å². The van der Waals surface area contributed by atoms with Gasteiger partial charge in [0.15, 0.2) is 0 Å². The molecule has 0 heterocycles. The quantitative estimate of drug-likeness (QED) is 0.729. The van der Waals surface area contributed by atoms with E-state index in [1.54, 1.807) is 12.1 Å². The standard InChI is InChI=1S/C11H11ClF2O/c1-2-8-3-5-9(6-4-8)7-10(15)11(12,13)14/h3-6H,2,7H2,1H3. The molecule has 15 heavy (non-hydrogen) atoms. The molecule has 1 aromatic rings. The van der Waals surface area contributed by atoms with Gasteiger partial charge in [-0.15, -0.1) is 0 Å². The van der Waals surface area contributed by atoms with Gasteiger partial charge >= 0.3 is 5.38 Å². The summed E-state index contributed by atoms with van der Waals surface area (Å²) < 4.78 is 24.7. The number of halogens is 3. The van der Waals surface area contributed by atoms with Crippen LogP contribution in [0.25, 0.3) is 0 Å². The van der Waals surface area contributed by atoms with E-state index in [2.05, 4.69) is 11.6 Å². The number of rotatable bonds is 4. The highest BCUT2D eigenvalue weighted by molar-refractivity contribution is 6.32. The maximum atomic E-state index is 12.4. The van der Waals surface area contributed by atoms with Crippen LogP contribution < -0.4 is 0 Å².